The molecule has 0 spiro atoms. The monoisotopic (exact) mass is 370 g/mol. The van der Waals surface area contributed by atoms with Crippen LogP contribution in [-0.4, -0.2) is 59.4 Å². The van der Waals surface area contributed by atoms with Gasteiger partial charge in [-0.05, 0) is 30.5 Å². The molecule has 0 saturated carbocycles. The highest BCUT2D eigenvalue weighted by Gasteiger charge is 2.28. The van der Waals surface area contributed by atoms with E-state index in [4.69, 9.17) is 0 Å². The van der Waals surface area contributed by atoms with E-state index in [-0.39, 0.29) is 24.1 Å². The summed E-state index contributed by atoms with van der Waals surface area (Å²) in [5.74, 6) is -0.309. The third-order valence-corrected chi connectivity index (χ3v) is 5.03. The first kappa shape index (κ1) is 19.1. The zero-order valence-electron chi connectivity index (χ0n) is 15.7. The van der Waals surface area contributed by atoms with Gasteiger partial charge in [-0.2, -0.15) is 5.10 Å². The van der Waals surface area contributed by atoms with Gasteiger partial charge in [-0.3, -0.25) is 14.4 Å². The van der Waals surface area contributed by atoms with Crippen molar-refractivity contribution in [3.63, 3.8) is 0 Å². The Bertz CT molecular complexity index is 734. The number of piperazine rings is 1. The van der Waals surface area contributed by atoms with Crippen molar-refractivity contribution in [2.24, 2.45) is 5.10 Å². The lowest BCUT2D eigenvalue weighted by molar-refractivity contribution is -0.126. The highest BCUT2D eigenvalue weighted by Crippen LogP contribution is 2.13. The van der Waals surface area contributed by atoms with Gasteiger partial charge in [-0.1, -0.05) is 25.5 Å². The first-order chi connectivity index (χ1) is 13.1. The van der Waals surface area contributed by atoms with Gasteiger partial charge in [-0.15, -0.1) is 0 Å². The Morgan fingerprint density at radius 3 is 2.19 bits per heavy atom. The quantitative estimate of drug-likeness (QED) is 0.854. The summed E-state index contributed by atoms with van der Waals surface area (Å²) >= 11 is 0. The Balaban J connectivity index is 1.53. The summed E-state index contributed by atoms with van der Waals surface area (Å²) in [6.07, 6.45) is 4.00. The number of hydrazone groups is 1. The van der Waals surface area contributed by atoms with Crippen LogP contribution >= 0.6 is 0 Å². The molecule has 7 heteroatoms. The second-order valence-electron chi connectivity index (χ2n) is 6.98. The molecule has 1 N–H and O–H groups in total. The SMILES string of the molecule is CCCCc1ccc(C(=O)N2CCN(C(=O)C3=NNC(=O)CC3)CC2)cc1. The van der Waals surface area contributed by atoms with Gasteiger partial charge in [0.05, 0.1) is 0 Å². The third-order valence-electron chi connectivity index (χ3n) is 5.03. The predicted molar refractivity (Wildman–Crippen MR) is 102 cm³/mol. The molecule has 2 aliphatic heterocycles. The number of hydrogen-bond donors (Lipinski definition) is 1. The molecule has 0 unspecified atom stereocenters. The smallest absolute Gasteiger partial charge is 0.270 e. The minimum Gasteiger partial charge on any atom is -0.335 e. The van der Waals surface area contributed by atoms with E-state index in [1.165, 1.54) is 5.56 Å². The highest BCUT2D eigenvalue weighted by atomic mass is 16.2. The van der Waals surface area contributed by atoms with Crippen LogP contribution in [0.15, 0.2) is 29.4 Å². The second-order valence-corrected chi connectivity index (χ2v) is 6.98. The fraction of sp³-hybridized carbons (Fsp3) is 0.500. The van der Waals surface area contributed by atoms with Gasteiger partial charge in [0.15, 0.2) is 0 Å². The van der Waals surface area contributed by atoms with Crippen LogP contribution < -0.4 is 5.43 Å². The fourth-order valence-corrected chi connectivity index (χ4v) is 3.30. The molecule has 2 heterocycles. The van der Waals surface area contributed by atoms with Crippen molar-refractivity contribution >= 4 is 23.4 Å². The lowest BCUT2D eigenvalue weighted by atomic mass is 10.1. The van der Waals surface area contributed by atoms with Gasteiger partial charge in [0.1, 0.15) is 5.71 Å². The molecule has 0 atom stereocenters. The van der Waals surface area contributed by atoms with E-state index in [0.29, 0.717) is 43.9 Å². The number of rotatable bonds is 5. The molecular weight excluding hydrogens is 344 g/mol. The van der Waals surface area contributed by atoms with Crippen LogP contribution in [0.25, 0.3) is 0 Å². The molecule has 1 saturated heterocycles. The largest absolute Gasteiger partial charge is 0.335 e. The van der Waals surface area contributed by atoms with Crippen molar-refractivity contribution in [2.45, 2.75) is 39.0 Å². The first-order valence-electron chi connectivity index (χ1n) is 9.61. The Kier molecular flexibility index (Phi) is 6.21. The maximum Gasteiger partial charge on any atom is 0.270 e. The maximum absolute atomic E-state index is 12.7. The summed E-state index contributed by atoms with van der Waals surface area (Å²) < 4.78 is 0. The molecule has 3 amide bonds. The zero-order chi connectivity index (χ0) is 19.2. The molecule has 0 aromatic heterocycles. The predicted octanol–water partition coefficient (Wildman–Crippen LogP) is 1.58. The second kappa shape index (κ2) is 8.79. The van der Waals surface area contributed by atoms with Crippen LogP contribution in [0.5, 0.6) is 0 Å². The summed E-state index contributed by atoms with van der Waals surface area (Å²) in [4.78, 5) is 39.8. The molecule has 1 fully saturated rings. The van der Waals surface area contributed by atoms with Gasteiger partial charge in [0, 0.05) is 44.6 Å². The summed E-state index contributed by atoms with van der Waals surface area (Å²) in [6, 6.07) is 7.84. The molecule has 1 aromatic carbocycles. The maximum atomic E-state index is 12.7. The average Bonchev–Trinajstić information content (AvgIpc) is 2.72. The number of unbranched alkanes of at least 4 members (excludes halogenated alkanes) is 1. The van der Waals surface area contributed by atoms with Crippen molar-refractivity contribution in [3.8, 4) is 0 Å². The van der Waals surface area contributed by atoms with Gasteiger partial charge in [0.25, 0.3) is 11.8 Å². The minimum absolute atomic E-state index is 0.00594. The number of hydrogen-bond acceptors (Lipinski definition) is 4. The van der Waals surface area contributed by atoms with Crippen LogP contribution in [0, 0.1) is 0 Å². The number of nitrogens with zero attached hydrogens (tertiary/aromatic N) is 3. The van der Waals surface area contributed by atoms with Gasteiger partial charge in [0.2, 0.25) is 5.91 Å². The van der Waals surface area contributed by atoms with E-state index in [1.54, 1.807) is 9.80 Å². The molecule has 0 bridgehead atoms. The summed E-state index contributed by atoms with van der Waals surface area (Å²) in [6.45, 7) is 4.13. The van der Waals surface area contributed by atoms with E-state index in [2.05, 4.69) is 17.5 Å². The van der Waals surface area contributed by atoms with Crippen molar-refractivity contribution < 1.29 is 14.4 Å². The fourth-order valence-electron chi connectivity index (χ4n) is 3.30. The zero-order valence-corrected chi connectivity index (χ0v) is 15.7. The van der Waals surface area contributed by atoms with Crippen LogP contribution in [0.1, 0.15) is 48.5 Å². The summed E-state index contributed by atoms with van der Waals surface area (Å²) in [5.41, 5.74) is 4.68. The summed E-state index contributed by atoms with van der Waals surface area (Å²) in [5, 5.41) is 3.86. The molecule has 144 valence electrons. The summed E-state index contributed by atoms with van der Waals surface area (Å²) in [7, 11) is 0. The Morgan fingerprint density at radius 1 is 1.00 bits per heavy atom. The lowest BCUT2D eigenvalue weighted by Crippen LogP contribution is -2.52. The lowest BCUT2D eigenvalue weighted by Gasteiger charge is -2.35. The van der Waals surface area contributed by atoms with E-state index >= 15 is 0 Å². The standard InChI is InChI=1S/C20H26N4O3/c1-2-3-4-15-5-7-16(8-6-15)19(26)23-11-13-24(14-12-23)20(27)17-9-10-18(25)22-21-17/h5-8H,2-4,9-14H2,1H3,(H,22,25). The third kappa shape index (κ3) is 4.72. The van der Waals surface area contributed by atoms with E-state index < -0.39 is 0 Å². The molecule has 1 aromatic rings. The molecule has 0 aliphatic carbocycles. The number of aryl methyl sites for hydroxylation is 1. The van der Waals surface area contributed by atoms with E-state index in [0.717, 1.165) is 19.3 Å². The topological polar surface area (TPSA) is 82.1 Å². The van der Waals surface area contributed by atoms with Gasteiger partial charge < -0.3 is 9.80 Å². The molecule has 27 heavy (non-hydrogen) atoms. The van der Waals surface area contributed by atoms with Crippen LogP contribution in [0.4, 0.5) is 0 Å². The number of carbonyl (C=O) groups excluding carboxylic acids is 3. The number of amides is 3. The van der Waals surface area contributed by atoms with Crippen LogP contribution in [0.2, 0.25) is 0 Å². The van der Waals surface area contributed by atoms with Crippen molar-refractivity contribution in [1.29, 1.82) is 0 Å². The van der Waals surface area contributed by atoms with E-state index in [9.17, 15) is 14.4 Å². The van der Waals surface area contributed by atoms with Gasteiger partial charge in [-0.25, -0.2) is 5.43 Å². The number of carbonyl (C=O) groups is 3. The molecule has 3 rings (SSSR count). The highest BCUT2D eigenvalue weighted by molar-refractivity contribution is 6.39. The minimum atomic E-state index is -0.164. The Labute approximate surface area is 159 Å². The number of nitrogens with one attached hydrogen (secondary N) is 1. The Morgan fingerprint density at radius 2 is 1.63 bits per heavy atom. The first-order valence-corrected chi connectivity index (χ1v) is 9.61. The molecule has 0 radical (unpaired) electrons. The van der Waals surface area contributed by atoms with E-state index in [1.807, 2.05) is 24.3 Å². The average molecular weight is 370 g/mol. The molecule has 2 aliphatic rings. The van der Waals surface area contributed by atoms with Crippen LogP contribution in [0.3, 0.4) is 0 Å². The van der Waals surface area contributed by atoms with Crippen molar-refractivity contribution in [3.05, 3.63) is 35.4 Å². The molecule has 7 nitrogen and oxygen atoms in total. The Hall–Kier alpha value is -2.70. The van der Waals surface area contributed by atoms with Crippen molar-refractivity contribution in [1.82, 2.24) is 15.2 Å². The normalized spacial score (nSPS) is 17.4. The van der Waals surface area contributed by atoms with Gasteiger partial charge >= 0.3 is 0 Å². The molecular formula is C20H26N4O3. The number of benzene rings is 1. The van der Waals surface area contributed by atoms with Crippen LogP contribution in [-0.2, 0) is 16.0 Å². The van der Waals surface area contributed by atoms with Crippen molar-refractivity contribution in [2.75, 3.05) is 26.2 Å².